The Balaban J connectivity index is 2.76. The highest BCUT2D eigenvalue weighted by Crippen LogP contribution is 2.08. The molecule has 0 saturated carbocycles. The van der Waals surface area contributed by atoms with Crippen LogP contribution in [0.25, 0.3) is 0 Å². The minimum Gasteiger partial charge on any atom is -0.478 e. The van der Waals surface area contributed by atoms with Crippen LogP contribution in [0, 0.1) is 0 Å². The molecular weight excluding hydrogens is 194 g/mol. The van der Waals surface area contributed by atoms with E-state index in [2.05, 4.69) is 5.32 Å². The first-order valence-corrected chi connectivity index (χ1v) is 4.73. The van der Waals surface area contributed by atoms with Gasteiger partial charge in [-0.05, 0) is 11.6 Å². The predicted octanol–water partition coefficient (Wildman–Crippen LogP) is 1.41. The normalized spacial score (nSPS) is 9.67. The molecule has 0 aliphatic rings. The highest BCUT2D eigenvalue weighted by atomic mass is 16.4. The molecule has 0 unspecified atom stereocenters. The summed E-state index contributed by atoms with van der Waals surface area (Å²) in [7, 11) is 0. The Kier molecular flexibility index (Phi) is 3.85. The summed E-state index contributed by atoms with van der Waals surface area (Å²) < 4.78 is 0. The Labute approximate surface area is 87.9 Å². The van der Waals surface area contributed by atoms with Gasteiger partial charge < -0.3 is 10.4 Å². The Morgan fingerprint density at radius 2 is 2.00 bits per heavy atom. The van der Waals surface area contributed by atoms with Crippen molar-refractivity contribution in [1.29, 1.82) is 0 Å². The lowest BCUT2D eigenvalue weighted by atomic mass is 10.1. The van der Waals surface area contributed by atoms with E-state index in [-0.39, 0.29) is 18.0 Å². The molecule has 2 N–H and O–H groups in total. The second-order valence-corrected chi connectivity index (χ2v) is 3.09. The Hall–Kier alpha value is -1.84. The van der Waals surface area contributed by atoms with Gasteiger partial charge in [0.15, 0.2) is 0 Å². The van der Waals surface area contributed by atoms with Gasteiger partial charge in [-0.15, -0.1) is 0 Å². The molecule has 0 bridgehead atoms. The Morgan fingerprint density at radius 1 is 1.33 bits per heavy atom. The maximum Gasteiger partial charge on any atom is 0.336 e. The highest BCUT2D eigenvalue weighted by molar-refractivity contribution is 5.89. The smallest absolute Gasteiger partial charge is 0.336 e. The van der Waals surface area contributed by atoms with Crippen LogP contribution >= 0.6 is 0 Å². The number of benzene rings is 1. The summed E-state index contributed by atoms with van der Waals surface area (Å²) in [5.41, 5.74) is 0.848. The number of carboxylic acids is 1. The molecule has 15 heavy (non-hydrogen) atoms. The second-order valence-electron chi connectivity index (χ2n) is 3.09. The largest absolute Gasteiger partial charge is 0.478 e. The number of amides is 1. The molecule has 1 aromatic carbocycles. The maximum atomic E-state index is 11.0. The quantitative estimate of drug-likeness (QED) is 0.784. The van der Waals surface area contributed by atoms with E-state index in [4.69, 9.17) is 5.11 Å². The summed E-state index contributed by atoms with van der Waals surface area (Å²) in [6.07, 6.45) is 0.398. The molecule has 4 heteroatoms. The summed E-state index contributed by atoms with van der Waals surface area (Å²) in [6.45, 7) is 2.01. The molecule has 0 heterocycles. The number of carboxylic acid groups (broad SMARTS) is 1. The first-order valence-electron chi connectivity index (χ1n) is 4.73. The van der Waals surface area contributed by atoms with Crippen LogP contribution in [0.15, 0.2) is 24.3 Å². The van der Waals surface area contributed by atoms with Crippen LogP contribution in [-0.4, -0.2) is 17.0 Å². The van der Waals surface area contributed by atoms with Crippen molar-refractivity contribution in [2.45, 2.75) is 19.9 Å². The lowest BCUT2D eigenvalue weighted by Crippen LogP contribution is -2.22. The van der Waals surface area contributed by atoms with Gasteiger partial charge in [0.1, 0.15) is 0 Å². The van der Waals surface area contributed by atoms with Gasteiger partial charge in [0.25, 0.3) is 0 Å². The molecule has 80 valence electrons. The first-order chi connectivity index (χ1) is 7.15. The van der Waals surface area contributed by atoms with E-state index in [1.807, 2.05) is 0 Å². The van der Waals surface area contributed by atoms with Gasteiger partial charge in [-0.25, -0.2) is 4.79 Å². The van der Waals surface area contributed by atoms with E-state index in [9.17, 15) is 9.59 Å². The zero-order valence-corrected chi connectivity index (χ0v) is 8.49. The molecule has 0 spiro atoms. The van der Waals surface area contributed by atoms with E-state index in [0.29, 0.717) is 12.0 Å². The number of hydrogen-bond acceptors (Lipinski definition) is 2. The zero-order chi connectivity index (χ0) is 11.3. The van der Waals surface area contributed by atoms with Gasteiger partial charge in [0.2, 0.25) is 5.91 Å². The standard InChI is InChI=1S/C11H13NO3/c1-2-10(13)12-7-8-5-3-4-6-9(8)11(14)15/h3-6H,2,7H2,1H3,(H,12,13)(H,14,15). The average molecular weight is 207 g/mol. The van der Waals surface area contributed by atoms with Crippen molar-refractivity contribution in [3.63, 3.8) is 0 Å². The van der Waals surface area contributed by atoms with Crippen molar-refractivity contribution < 1.29 is 14.7 Å². The average Bonchev–Trinajstić information content (AvgIpc) is 2.26. The second kappa shape index (κ2) is 5.14. The van der Waals surface area contributed by atoms with Crippen molar-refractivity contribution in [3.8, 4) is 0 Å². The third-order valence-electron chi connectivity index (χ3n) is 2.04. The minimum atomic E-state index is -0.976. The van der Waals surface area contributed by atoms with E-state index in [0.717, 1.165) is 0 Å². The lowest BCUT2D eigenvalue weighted by Gasteiger charge is -2.06. The highest BCUT2D eigenvalue weighted by Gasteiger charge is 2.08. The van der Waals surface area contributed by atoms with E-state index >= 15 is 0 Å². The topological polar surface area (TPSA) is 66.4 Å². The van der Waals surface area contributed by atoms with Gasteiger partial charge in [0.05, 0.1) is 5.56 Å². The molecule has 0 fully saturated rings. The van der Waals surface area contributed by atoms with Crippen molar-refractivity contribution in [1.82, 2.24) is 5.32 Å². The lowest BCUT2D eigenvalue weighted by molar-refractivity contribution is -0.120. The molecule has 0 radical (unpaired) electrons. The number of nitrogens with one attached hydrogen (secondary N) is 1. The van der Waals surface area contributed by atoms with Crippen LogP contribution in [-0.2, 0) is 11.3 Å². The van der Waals surface area contributed by atoms with Gasteiger partial charge in [-0.2, -0.15) is 0 Å². The van der Waals surface area contributed by atoms with Gasteiger partial charge in [-0.1, -0.05) is 25.1 Å². The van der Waals surface area contributed by atoms with Gasteiger partial charge in [0, 0.05) is 13.0 Å². The third kappa shape index (κ3) is 3.09. The molecule has 0 aliphatic heterocycles. The number of rotatable bonds is 4. The zero-order valence-electron chi connectivity index (χ0n) is 8.49. The Morgan fingerprint density at radius 3 is 2.60 bits per heavy atom. The van der Waals surface area contributed by atoms with E-state index in [1.54, 1.807) is 25.1 Å². The molecule has 1 aromatic rings. The van der Waals surface area contributed by atoms with Crippen LogP contribution in [0.2, 0.25) is 0 Å². The van der Waals surface area contributed by atoms with E-state index in [1.165, 1.54) is 6.07 Å². The molecule has 0 saturated heterocycles. The van der Waals surface area contributed by atoms with Gasteiger partial charge in [-0.3, -0.25) is 4.79 Å². The predicted molar refractivity (Wildman–Crippen MR) is 55.5 cm³/mol. The SMILES string of the molecule is CCC(=O)NCc1ccccc1C(=O)O. The molecule has 0 atom stereocenters. The number of carbonyl (C=O) groups excluding carboxylic acids is 1. The fourth-order valence-electron chi connectivity index (χ4n) is 1.20. The fraction of sp³-hybridized carbons (Fsp3) is 0.273. The van der Waals surface area contributed by atoms with Crippen LogP contribution < -0.4 is 5.32 Å². The van der Waals surface area contributed by atoms with Crippen molar-refractivity contribution >= 4 is 11.9 Å². The van der Waals surface area contributed by atoms with Crippen molar-refractivity contribution in [2.75, 3.05) is 0 Å². The molecule has 0 aromatic heterocycles. The molecular formula is C11H13NO3. The van der Waals surface area contributed by atoms with E-state index < -0.39 is 5.97 Å². The fourth-order valence-corrected chi connectivity index (χ4v) is 1.20. The molecule has 1 amide bonds. The van der Waals surface area contributed by atoms with Crippen molar-refractivity contribution in [2.24, 2.45) is 0 Å². The van der Waals surface area contributed by atoms with Gasteiger partial charge >= 0.3 is 5.97 Å². The van der Waals surface area contributed by atoms with Crippen LogP contribution in [0.3, 0.4) is 0 Å². The number of carbonyl (C=O) groups is 2. The summed E-state index contributed by atoms with van der Waals surface area (Å²) in [6, 6.07) is 6.63. The summed E-state index contributed by atoms with van der Waals surface area (Å²) in [5, 5.41) is 11.5. The summed E-state index contributed by atoms with van der Waals surface area (Å²) in [4.78, 5) is 21.8. The molecule has 4 nitrogen and oxygen atoms in total. The summed E-state index contributed by atoms with van der Waals surface area (Å²) >= 11 is 0. The third-order valence-corrected chi connectivity index (χ3v) is 2.04. The van der Waals surface area contributed by atoms with Crippen LogP contribution in [0.5, 0.6) is 0 Å². The molecule has 0 aliphatic carbocycles. The van der Waals surface area contributed by atoms with Crippen molar-refractivity contribution in [3.05, 3.63) is 35.4 Å². The first kappa shape index (κ1) is 11.2. The van der Waals surface area contributed by atoms with Crippen LogP contribution in [0.4, 0.5) is 0 Å². The summed E-state index contributed by atoms with van der Waals surface area (Å²) in [5.74, 6) is -1.06. The molecule has 1 rings (SSSR count). The minimum absolute atomic E-state index is 0.0878. The number of hydrogen-bond donors (Lipinski definition) is 2. The number of aromatic carboxylic acids is 1. The monoisotopic (exact) mass is 207 g/mol. The Bertz CT molecular complexity index is 374. The maximum absolute atomic E-state index is 11.0. The van der Waals surface area contributed by atoms with Crippen LogP contribution in [0.1, 0.15) is 29.3 Å².